The summed E-state index contributed by atoms with van der Waals surface area (Å²) in [5, 5.41) is 0. The van der Waals surface area contributed by atoms with E-state index in [9.17, 15) is 9.59 Å². The van der Waals surface area contributed by atoms with Crippen molar-refractivity contribution in [3.63, 3.8) is 0 Å². The Balaban J connectivity index is 1.85. The zero-order valence-electron chi connectivity index (χ0n) is 8.67. The van der Waals surface area contributed by atoms with Crippen LogP contribution in [0, 0.1) is 11.8 Å². The minimum absolute atomic E-state index is 0.0136. The number of benzene rings is 1. The average Bonchev–Trinajstić information content (AvgIpc) is 2.97. The highest BCUT2D eigenvalue weighted by atomic mass is 16.6. The quantitative estimate of drug-likeness (QED) is 0.551. The maximum Gasteiger partial charge on any atom is 0.318 e. The molecule has 16 heavy (non-hydrogen) atoms. The number of rotatable bonds is 2. The molecule has 4 heteroatoms. The summed E-state index contributed by atoms with van der Waals surface area (Å²) in [6.45, 7) is 0. The molecule has 1 unspecified atom stereocenters. The van der Waals surface area contributed by atoms with Crippen LogP contribution >= 0.6 is 0 Å². The van der Waals surface area contributed by atoms with Crippen molar-refractivity contribution in [2.24, 2.45) is 11.8 Å². The zero-order valence-corrected chi connectivity index (χ0v) is 8.67. The van der Waals surface area contributed by atoms with E-state index < -0.39 is 0 Å². The van der Waals surface area contributed by atoms with Gasteiger partial charge in [0.15, 0.2) is 0 Å². The third kappa shape index (κ3) is 1.16. The highest BCUT2D eigenvalue weighted by Gasteiger charge is 2.66. The SMILES string of the molecule is COc1ccc(C2[C@H]3C(=O)OC(=O)[C@@H]23)cc1. The van der Waals surface area contributed by atoms with E-state index in [1.165, 1.54) is 0 Å². The van der Waals surface area contributed by atoms with Gasteiger partial charge in [-0.2, -0.15) is 0 Å². The largest absolute Gasteiger partial charge is 0.497 e. The van der Waals surface area contributed by atoms with Gasteiger partial charge in [0.25, 0.3) is 0 Å². The molecule has 2 fully saturated rings. The molecule has 1 aromatic rings. The zero-order chi connectivity index (χ0) is 11.3. The van der Waals surface area contributed by atoms with Crippen LogP contribution in [-0.2, 0) is 14.3 Å². The molecule has 3 rings (SSSR count). The fraction of sp³-hybridized carbons (Fsp3) is 0.333. The molecule has 1 aromatic carbocycles. The van der Waals surface area contributed by atoms with Crippen LogP contribution in [0.3, 0.4) is 0 Å². The minimum atomic E-state index is -0.379. The van der Waals surface area contributed by atoms with Gasteiger partial charge in [0.1, 0.15) is 5.75 Å². The molecule has 0 spiro atoms. The summed E-state index contributed by atoms with van der Waals surface area (Å²) in [6, 6.07) is 7.45. The summed E-state index contributed by atoms with van der Waals surface area (Å²) < 4.78 is 9.56. The monoisotopic (exact) mass is 218 g/mol. The van der Waals surface area contributed by atoms with E-state index in [0.717, 1.165) is 11.3 Å². The van der Waals surface area contributed by atoms with Crippen LogP contribution in [0.1, 0.15) is 11.5 Å². The van der Waals surface area contributed by atoms with Gasteiger partial charge in [-0.3, -0.25) is 9.59 Å². The van der Waals surface area contributed by atoms with Crippen molar-refractivity contribution >= 4 is 11.9 Å². The van der Waals surface area contributed by atoms with Crippen LogP contribution in [0.5, 0.6) is 5.75 Å². The Morgan fingerprint density at radius 3 is 2.06 bits per heavy atom. The van der Waals surface area contributed by atoms with Crippen molar-refractivity contribution in [1.29, 1.82) is 0 Å². The van der Waals surface area contributed by atoms with Crippen LogP contribution in [0.15, 0.2) is 24.3 Å². The number of hydrogen-bond donors (Lipinski definition) is 0. The molecule has 1 saturated heterocycles. The first kappa shape index (κ1) is 9.39. The summed E-state index contributed by atoms with van der Waals surface area (Å²) >= 11 is 0. The Morgan fingerprint density at radius 2 is 1.56 bits per heavy atom. The molecule has 4 nitrogen and oxygen atoms in total. The minimum Gasteiger partial charge on any atom is -0.497 e. The molecule has 1 saturated carbocycles. The Morgan fingerprint density at radius 1 is 1.00 bits per heavy atom. The lowest BCUT2D eigenvalue weighted by molar-refractivity contribution is -0.155. The second-order valence-corrected chi connectivity index (χ2v) is 4.09. The molecule has 3 atom stereocenters. The molecular formula is C12H10O4. The summed E-state index contributed by atoms with van der Waals surface area (Å²) in [4.78, 5) is 22.5. The van der Waals surface area contributed by atoms with Crippen LogP contribution in [0.2, 0.25) is 0 Å². The van der Waals surface area contributed by atoms with E-state index in [2.05, 4.69) is 4.74 Å². The predicted octanol–water partition coefficient (Wildman–Crippen LogP) is 1.11. The Bertz CT molecular complexity index is 442. The average molecular weight is 218 g/mol. The maximum atomic E-state index is 11.3. The number of methoxy groups -OCH3 is 1. The second-order valence-electron chi connectivity index (χ2n) is 4.09. The first-order valence-corrected chi connectivity index (χ1v) is 5.12. The van der Waals surface area contributed by atoms with Gasteiger partial charge in [-0.15, -0.1) is 0 Å². The van der Waals surface area contributed by atoms with E-state index in [4.69, 9.17) is 4.74 Å². The number of esters is 2. The van der Waals surface area contributed by atoms with Gasteiger partial charge in [0.2, 0.25) is 0 Å². The summed E-state index contributed by atoms with van der Waals surface area (Å²) in [7, 11) is 1.60. The predicted molar refractivity (Wildman–Crippen MR) is 53.8 cm³/mol. The Labute approximate surface area is 92.2 Å². The summed E-state index contributed by atoms with van der Waals surface area (Å²) in [6.07, 6.45) is 0. The highest BCUT2D eigenvalue weighted by molar-refractivity contribution is 6.02. The van der Waals surface area contributed by atoms with Crippen molar-refractivity contribution in [1.82, 2.24) is 0 Å². The van der Waals surface area contributed by atoms with E-state index in [1.54, 1.807) is 7.11 Å². The lowest BCUT2D eigenvalue weighted by Crippen LogP contribution is -2.09. The van der Waals surface area contributed by atoms with Gasteiger partial charge in [0, 0.05) is 5.92 Å². The topological polar surface area (TPSA) is 52.6 Å². The van der Waals surface area contributed by atoms with Gasteiger partial charge in [0.05, 0.1) is 18.9 Å². The van der Waals surface area contributed by atoms with Gasteiger partial charge in [-0.1, -0.05) is 12.1 Å². The number of fused-ring (bicyclic) bond motifs is 1. The smallest absolute Gasteiger partial charge is 0.318 e. The summed E-state index contributed by atoms with van der Waals surface area (Å²) in [5.41, 5.74) is 1.00. The number of carbonyl (C=O) groups is 2. The third-order valence-corrected chi connectivity index (χ3v) is 3.27. The first-order chi connectivity index (χ1) is 7.72. The molecular weight excluding hydrogens is 208 g/mol. The molecule has 1 aliphatic heterocycles. The molecule has 1 heterocycles. The van der Waals surface area contributed by atoms with Crippen molar-refractivity contribution in [2.75, 3.05) is 7.11 Å². The van der Waals surface area contributed by atoms with Crippen LogP contribution in [0.4, 0.5) is 0 Å². The van der Waals surface area contributed by atoms with Crippen molar-refractivity contribution < 1.29 is 19.1 Å². The molecule has 0 amide bonds. The fourth-order valence-corrected chi connectivity index (χ4v) is 2.37. The van der Waals surface area contributed by atoms with E-state index in [0.29, 0.717) is 0 Å². The molecule has 82 valence electrons. The summed E-state index contributed by atoms with van der Waals surface area (Å²) in [5.74, 6) is -0.475. The molecule has 2 aliphatic rings. The van der Waals surface area contributed by atoms with Crippen LogP contribution in [-0.4, -0.2) is 19.0 Å². The standard InChI is InChI=1S/C12H10O4/c1-15-7-4-2-6(3-5-7)8-9-10(8)12(14)16-11(9)13/h2-5,8-10H,1H3/t8?,9-,10+. The number of carbonyl (C=O) groups excluding carboxylic acids is 2. The van der Waals surface area contributed by atoms with Gasteiger partial charge in [-0.25, -0.2) is 0 Å². The van der Waals surface area contributed by atoms with E-state index >= 15 is 0 Å². The lowest BCUT2D eigenvalue weighted by atomic mass is 10.1. The van der Waals surface area contributed by atoms with E-state index in [-0.39, 0.29) is 29.7 Å². The van der Waals surface area contributed by atoms with Gasteiger partial charge in [-0.05, 0) is 17.7 Å². The second kappa shape index (κ2) is 3.07. The maximum absolute atomic E-state index is 11.3. The van der Waals surface area contributed by atoms with Crippen LogP contribution in [0.25, 0.3) is 0 Å². The molecule has 1 aliphatic carbocycles. The van der Waals surface area contributed by atoms with E-state index in [1.807, 2.05) is 24.3 Å². The number of ether oxygens (including phenoxy) is 2. The number of cyclic esters (lactones) is 2. The molecule has 0 aromatic heterocycles. The third-order valence-electron chi connectivity index (χ3n) is 3.27. The van der Waals surface area contributed by atoms with Crippen molar-refractivity contribution in [3.05, 3.63) is 29.8 Å². The van der Waals surface area contributed by atoms with Crippen LogP contribution < -0.4 is 4.74 Å². The Kier molecular flexibility index (Phi) is 1.80. The molecule has 0 radical (unpaired) electrons. The highest BCUT2D eigenvalue weighted by Crippen LogP contribution is 2.58. The fourth-order valence-electron chi connectivity index (χ4n) is 2.37. The first-order valence-electron chi connectivity index (χ1n) is 5.12. The van der Waals surface area contributed by atoms with Gasteiger partial charge >= 0.3 is 11.9 Å². The van der Waals surface area contributed by atoms with Crippen molar-refractivity contribution in [3.8, 4) is 5.75 Å². The lowest BCUT2D eigenvalue weighted by Gasteiger charge is -2.04. The number of hydrogen-bond acceptors (Lipinski definition) is 4. The van der Waals surface area contributed by atoms with Crippen molar-refractivity contribution in [2.45, 2.75) is 5.92 Å². The van der Waals surface area contributed by atoms with Gasteiger partial charge < -0.3 is 9.47 Å². The Hall–Kier alpha value is -1.84. The normalized spacial score (nSPS) is 30.9. The molecule has 0 bridgehead atoms. The molecule has 0 N–H and O–H groups in total.